The molecule has 0 radical (unpaired) electrons. The Balaban J connectivity index is 1.69. The Bertz CT molecular complexity index is 996. The molecule has 0 amide bonds. The molecule has 1 aromatic heterocycles. The molecule has 1 aliphatic carbocycles. The fraction of sp³-hybridized carbons (Fsp3) is 0.348. The first kappa shape index (κ1) is 18.8. The van der Waals surface area contributed by atoms with E-state index in [-0.39, 0.29) is 0 Å². The van der Waals surface area contributed by atoms with E-state index in [1.165, 1.54) is 37.7 Å². The number of benzene rings is 2. The molecule has 0 bridgehead atoms. The summed E-state index contributed by atoms with van der Waals surface area (Å²) in [5, 5.41) is 19.5. The zero-order chi connectivity index (χ0) is 19.3. The summed E-state index contributed by atoms with van der Waals surface area (Å²) < 4.78 is 2.36. The highest BCUT2D eigenvalue weighted by molar-refractivity contribution is 7.98. The smallest absolute Gasteiger partial charge is 0.192 e. The van der Waals surface area contributed by atoms with Crippen molar-refractivity contribution in [3.05, 3.63) is 65.2 Å². The number of aromatic nitrogens is 3. The van der Waals surface area contributed by atoms with Crippen molar-refractivity contribution in [1.29, 1.82) is 5.26 Å². The van der Waals surface area contributed by atoms with Crippen LogP contribution in [0.1, 0.15) is 54.8 Å². The number of rotatable bonds is 5. The second-order valence-electron chi connectivity index (χ2n) is 7.34. The largest absolute Gasteiger partial charge is 0.299 e. The van der Waals surface area contributed by atoms with Crippen molar-refractivity contribution in [2.45, 2.75) is 56.0 Å². The van der Waals surface area contributed by atoms with Crippen LogP contribution in [-0.2, 0) is 5.75 Å². The number of nitrogens with zero attached hydrogens (tertiary/aromatic N) is 4. The van der Waals surface area contributed by atoms with Crippen LogP contribution in [0.25, 0.3) is 11.4 Å². The minimum absolute atomic E-state index is 0.451. The number of aryl methyl sites for hydroxylation is 1. The first-order valence-corrected chi connectivity index (χ1v) is 10.9. The lowest BCUT2D eigenvalue weighted by atomic mass is 9.95. The SMILES string of the molecule is Cc1ccccc1-c1nnc(SCc2ccccc2C#N)n1C1CCCCC1. The molecule has 28 heavy (non-hydrogen) atoms. The average Bonchev–Trinajstić information content (AvgIpc) is 3.17. The maximum atomic E-state index is 9.36. The van der Waals surface area contributed by atoms with Crippen molar-refractivity contribution in [2.75, 3.05) is 0 Å². The molecule has 1 fully saturated rings. The molecule has 0 spiro atoms. The van der Waals surface area contributed by atoms with E-state index in [4.69, 9.17) is 0 Å². The van der Waals surface area contributed by atoms with Crippen molar-refractivity contribution < 1.29 is 0 Å². The molecular formula is C23H24N4S. The molecule has 2 aromatic carbocycles. The van der Waals surface area contributed by atoms with Gasteiger partial charge in [0, 0.05) is 17.4 Å². The third-order valence-corrected chi connectivity index (χ3v) is 6.48. The molecule has 0 unspecified atom stereocenters. The molecule has 142 valence electrons. The van der Waals surface area contributed by atoms with E-state index in [2.05, 4.69) is 52.0 Å². The zero-order valence-corrected chi connectivity index (χ0v) is 17.0. The normalized spacial score (nSPS) is 14.7. The maximum absolute atomic E-state index is 9.36. The van der Waals surface area contributed by atoms with Crippen molar-refractivity contribution in [3.63, 3.8) is 0 Å². The summed E-state index contributed by atoms with van der Waals surface area (Å²) in [6, 6.07) is 18.9. The van der Waals surface area contributed by atoms with E-state index in [9.17, 15) is 5.26 Å². The van der Waals surface area contributed by atoms with Crippen LogP contribution in [0.5, 0.6) is 0 Å². The number of hydrogen-bond donors (Lipinski definition) is 0. The van der Waals surface area contributed by atoms with Crippen LogP contribution in [0.2, 0.25) is 0 Å². The number of hydrogen-bond acceptors (Lipinski definition) is 4. The molecule has 5 heteroatoms. The minimum Gasteiger partial charge on any atom is -0.299 e. The third-order valence-electron chi connectivity index (χ3n) is 5.48. The predicted molar refractivity (Wildman–Crippen MR) is 113 cm³/mol. The van der Waals surface area contributed by atoms with E-state index in [1.54, 1.807) is 11.8 Å². The highest BCUT2D eigenvalue weighted by atomic mass is 32.2. The van der Waals surface area contributed by atoms with Crippen molar-refractivity contribution in [3.8, 4) is 17.5 Å². The lowest BCUT2D eigenvalue weighted by Crippen LogP contribution is -2.15. The number of thioether (sulfide) groups is 1. The second kappa shape index (κ2) is 8.62. The molecule has 4 rings (SSSR count). The van der Waals surface area contributed by atoms with Crippen LogP contribution in [0.4, 0.5) is 0 Å². The van der Waals surface area contributed by atoms with E-state index < -0.39 is 0 Å². The van der Waals surface area contributed by atoms with Gasteiger partial charge in [0.1, 0.15) is 0 Å². The first-order chi connectivity index (χ1) is 13.8. The van der Waals surface area contributed by atoms with Crippen molar-refractivity contribution >= 4 is 11.8 Å². The molecule has 1 heterocycles. The van der Waals surface area contributed by atoms with E-state index in [0.717, 1.165) is 33.4 Å². The van der Waals surface area contributed by atoms with Gasteiger partial charge in [-0.3, -0.25) is 4.57 Å². The van der Waals surface area contributed by atoms with Crippen molar-refractivity contribution in [2.24, 2.45) is 0 Å². The second-order valence-corrected chi connectivity index (χ2v) is 8.28. The summed E-state index contributed by atoms with van der Waals surface area (Å²) >= 11 is 1.68. The molecule has 0 aliphatic heterocycles. The average molecular weight is 389 g/mol. The quantitative estimate of drug-likeness (QED) is 0.509. The van der Waals surface area contributed by atoms with E-state index in [1.807, 2.05) is 24.3 Å². The Morgan fingerprint density at radius 2 is 1.79 bits per heavy atom. The summed E-state index contributed by atoms with van der Waals surface area (Å²) in [5.41, 5.74) is 4.16. The fourth-order valence-electron chi connectivity index (χ4n) is 3.95. The summed E-state index contributed by atoms with van der Waals surface area (Å²) in [6.45, 7) is 2.13. The lowest BCUT2D eigenvalue weighted by Gasteiger charge is -2.26. The van der Waals surface area contributed by atoms with Crippen LogP contribution in [0.15, 0.2) is 53.7 Å². The van der Waals surface area contributed by atoms with Gasteiger partial charge in [-0.05, 0) is 37.0 Å². The van der Waals surface area contributed by atoms with Crippen LogP contribution in [-0.4, -0.2) is 14.8 Å². The highest BCUT2D eigenvalue weighted by Crippen LogP contribution is 2.37. The van der Waals surface area contributed by atoms with Gasteiger partial charge < -0.3 is 0 Å². The van der Waals surface area contributed by atoms with Crippen LogP contribution >= 0.6 is 11.8 Å². The van der Waals surface area contributed by atoms with Gasteiger partial charge >= 0.3 is 0 Å². The fourth-order valence-corrected chi connectivity index (χ4v) is 4.96. The van der Waals surface area contributed by atoms with Gasteiger partial charge in [0.15, 0.2) is 11.0 Å². The van der Waals surface area contributed by atoms with E-state index >= 15 is 0 Å². The summed E-state index contributed by atoms with van der Waals surface area (Å²) in [4.78, 5) is 0. The summed E-state index contributed by atoms with van der Waals surface area (Å²) in [5.74, 6) is 1.70. The Kier molecular flexibility index (Phi) is 5.78. The predicted octanol–water partition coefficient (Wildman–Crippen LogP) is 5.92. The van der Waals surface area contributed by atoms with Gasteiger partial charge in [0.05, 0.1) is 11.6 Å². The molecular weight excluding hydrogens is 364 g/mol. The molecule has 1 saturated carbocycles. The van der Waals surface area contributed by atoms with Crippen LogP contribution in [0, 0.1) is 18.3 Å². The first-order valence-electron chi connectivity index (χ1n) is 9.89. The summed E-state index contributed by atoms with van der Waals surface area (Å²) in [6.07, 6.45) is 6.20. The zero-order valence-electron chi connectivity index (χ0n) is 16.1. The third kappa shape index (κ3) is 3.83. The molecule has 3 aromatic rings. The molecule has 4 nitrogen and oxygen atoms in total. The maximum Gasteiger partial charge on any atom is 0.192 e. The standard InChI is InChI=1S/C23H24N4S/c1-17-9-5-8-14-21(17)22-25-26-23(27(22)20-12-3-2-4-13-20)28-16-19-11-7-6-10-18(19)15-24/h5-11,14,20H,2-4,12-13,16H2,1H3. The molecule has 0 saturated heterocycles. The van der Waals surface area contributed by atoms with Gasteiger partial charge in [0.2, 0.25) is 0 Å². The van der Waals surface area contributed by atoms with Gasteiger partial charge in [-0.1, -0.05) is 73.5 Å². The van der Waals surface area contributed by atoms with Gasteiger partial charge in [0.25, 0.3) is 0 Å². The Hall–Kier alpha value is -2.58. The highest BCUT2D eigenvalue weighted by Gasteiger charge is 2.24. The van der Waals surface area contributed by atoms with Gasteiger partial charge in [-0.25, -0.2) is 0 Å². The Morgan fingerprint density at radius 1 is 1.04 bits per heavy atom. The molecule has 0 N–H and O–H groups in total. The van der Waals surface area contributed by atoms with Gasteiger partial charge in [-0.15, -0.1) is 10.2 Å². The molecule has 0 atom stereocenters. The topological polar surface area (TPSA) is 54.5 Å². The minimum atomic E-state index is 0.451. The Labute approximate surface area is 170 Å². The van der Waals surface area contributed by atoms with Crippen LogP contribution < -0.4 is 0 Å². The van der Waals surface area contributed by atoms with Crippen molar-refractivity contribution in [1.82, 2.24) is 14.8 Å². The Morgan fingerprint density at radius 3 is 2.57 bits per heavy atom. The van der Waals surface area contributed by atoms with Gasteiger partial charge in [-0.2, -0.15) is 5.26 Å². The monoisotopic (exact) mass is 388 g/mol. The van der Waals surface area contributed by atoms with E-state index in [0.29, 0.717) is 6.04 Å². The number of nitriles is 1. The van der Waals surface area contributed by atoms with Crippen LogP contribution in [0.3, 0.4) is 0 Å². The molecule has 1 aliphatic rings. The summed E-state index contributed by atoms with van der Waals surface area (Å²) in [7, 11) is 0. The lowest BCUT2D eigenvalue weighted by molar-refractivity contribution is 0.339.